The first-order valence-electron chi connectivity index (χ1n) is 36.0. The van der Waals surface area contributed by atoms with Crippen molar-refractivity contribution in [2.24, 2.45) is 0 Å². The van der Waals surface area contributed by atoms with Crippen LogP contribution in [0, 0.1) is 0 Å². The topological polar surface area (TPSA) is 77.3 Å². The highest BCUT2D eigenvalue weighted by atomic mass is 15.0. The van der Waals surface area contributed by atoms with E-state index in [0.29, 0.717) is 34.9 Å². The number of fused-ring (bicyclic) bond motifs is 12. The van der Waals surface area contributed by atoms with Crippen molar-refractivity contribution >= 4 is 0 Å². The molecule has 492 valence electrons. The standard InChI is InChI=1S/2C49H35N3/c1-49(2)44-25-10-9-20-40(44)43-29-34(26-27-45(43)49)37-22-13-24-39-38-23-12-21-36(41(38)30-42(37)39)33-18-11-19-35(28-33)48-51-46(31-14-5-3-6-15-31)50-47(52-48)32-16-7-4-8-17-32;1-49(2)44-22-10-9-17-40(44)43-29-35(27-28-45(43)49)37-19-12-21-39-38-20-11-18-36(41(38)30-42(37)39)31-23-25-34(26-24-31)48-51-46(32-13-5-3-6-14-32)50-47(52-48)33-15-7-4-8-16-33/h2*3-29H,30H2,1-2H3. The molecule has 0 aliphatic heterocycles. The lowest BCUT2D eigenvalue weighted by atomic mass is 9.82. The molecule has 14 aromatic carbocycles. The van der Waals surface area contributed by atoms with Gasteiger partial charge in [0.25, 0.3) is 0 Å². The summed E-state index contributed by atoms with van der Waals surface area (Å²) < 4.78 is 0. The largest absolute Gasteiger partial charge is 0.208 e. The molecular weight excluding hydrogens is 1260 g/mol. The molecule has 0 saturated heterocycles. The zero-order chi connectivity index (χ0) is 69.6. The Labute approximate surface area is 607 Å². The molecule has 16 aromatic rings. The first-order chi connectivity index (χ1) is 51.1. The molecule has 0 amide bonds. The van der Waals surface area contributed by atoms with Gasteiger partial charge in [0.15, 0.2) is 34.9 Å². The summed E-state index contributed by atoms with van der Waals surface area (Å²) in [4.78, 5) is 29.7. The van der Waals surface area contributed by atoms with Gasteiger partial charge in [0.05, 0.1) is 0 Å². The average Bonchev–Trinajstić information content (AvgIpc) is 1.58. The van der Waals surface area contributed by atoms with E-state index in [1.165, 1.54) is 128 Å². The molecule has 0 bridgehead atoms. The Bertz CT molecular complexity index is 5960. The van der Waals surface area contributed by atoms with Crippen LogP contribution in [-0.4, -0.2) is 29.9 Å². The van der Waals surface area contributed by atoms with Crippen LogP contribution in [-0.2, 0) is 23.7 Å². The number of nitrogens with zero attached hydrogens (tertiary/aromatic N) is 6. The first-order valence-corrected chi connectivity index (χ1v) is 36.0. The summed E-state index contributed by atoms with van der Waals surface area (Å²) in [5.41, 5.74) is 37.7. The average molecular weight is 1330 g/mol. The van der Waals surface area contributed by atoms with Crippen molar-refractivity contribution in [3.8, 4) is 157 Å². The fourth-order valence-corrected chi connectivity index (χ4v) is 16.8. The van der Waals surface area contributed by atoms with E-state index in [2.05, 4.69) is 234 Å². The van der Waals surface area contributed by atoms with Crippen molar-refractivity contribution in [2.75, 3.05) is 0 Å². The fourth-order valence-electron chi connectivity index (χ4n) is 16.8. The molecule has 6 nitrogen and oxygen atoms in total. The second-order valence-corrected chi connectivity index (χ2v) is 28.8. The van der Waals surface area contributed by atoms with E-state index in [1.807, 2.05) is 121 Å². The van der Waals surface area contributed by atoms with E-state index < -0.39 is 0 Å². The molecule has 2 aromatic heterocycles. The van der Waals surface area contributed by atoms with Crippen LogP contribution in [0.25, 0.3) is 157 Å². The summed E-state index contributed by atoms with van der Waals surface area (Å²) in [6.45, 7) is 9.37. The maximum atomic E-state index is 5.01. The number of benzene rings is 14. The van der Waals surface area contributed by atoms with E-state index in [9.17, 15) is 0 Å². The fraction of sp³-hybridized carbons (Fsp3) is 0.0816. The van der Waals surface area contributed by atoms with E-state index in [-0.39, 0.29) is 10.8 Å². The monoisotopic (exact) mass is 1330 g/mol. The van der Waals surface area contributed by atoms with Crippen LogP contribution in [0.3, 0.4) is 0 Å². The Morgan fingerprint density at radius 1 is 0.173 bits per heavy atom. The van der Waals surface area contributed by atoms with E-state index in [4.69, 9.17) is 29.9 Å². The van der Waals surface area contributed by atoms with E-state index >= 15 is 0 Å². The quantitative estimate of drug-likeness (QED) is 0.136. The molecule has 6 heteroatoms. The maximum Gasteiger partial charge on any atom is 0.164 e. The second kappa shape index (κ2) is 25.0. The van der Waals surface area contributed by atoms with E-state index in [1.54, 1.807) is 0 Å². The molecule has 104 heavy (non-hydrogen) atoms. The van der Waals surface area contributed by atoms with Gasteiger partial charge in [-0.1, -0.05) is 337 Å². The maximum absolute atomic E-state index is 5.01. The van der Waals surface area contributed by atoms with Crippen LogP contribution in [0.4, 0.5) is 0 Å². The molecular formula is C98H70N6. The summed E-state index contributed by atoms with van der Waals surface area (Å²) >= 11 is 0. The van der Waals surface area contributed by atoms with Crippen LogP contribution in [0.5, 0.6) is 0 Å². The van der Waals surface area contributed by atoms with Gasteiger partial charge in [-0.3, -0.25) is 0 Å². The molecule has 0 N–H and O–H groups in total. The molecule has 0 spiro atoms. The summed E-state index contributed by atoms with van der Waals surface area (Å²) in [6.07, 6.45) is 1.77. The highest BCUT2D eigenvalue weighted by Gasteiger charge is 2.38. The Balaban J connectivity index is 0.000000143. The van der Waals surface area contributed by atoms with Gasteiger partial charge < -0.3 is 0 Å². The second-order valence-electron chi connectivity index (χ2n) is 28.8. The third-order valence-corrected chi connectivity index (χ3v) is 22.1. The molecule has 20 rings (SSSR count). The molecule has 0 radical (unpaired) electrons. The Kier molecular flexibility index (Phi) is 14.9. The van der Waals surface area contributed by atoms with Gasteiger partial charge in [0.2, 0.25) is 0 Å². The molecule has 0 fully saturated rings. The third-order valence-electron chi connectivity index (χ3n) is 22.1. The van der Waals surface area contributed by atoms with Crippen molar-refractivity contribution < 1.29 is 0 Å². The summed E-state index contributed by atoms with van der Waals surface area (Å²) in [7, 11) is 0. The molecule has 0 unspecified atom stereocenters. The highest BCUT2D eigenvalue weighted by molar-refractivity contribution is 5.94. The number of rotatable bonds is 10. The van der Waals surface area contributed by atoms with Crippen molar-refractivity contribution in [3.63, 3.8) is 0 Å². The third kappa shape index (κ3) is 10.6. The van der Waals surface area contributed by atoms with Gasteiger partial charge in [-0.25, -0.2) is 29.9 Å². The van der Waals surface area contributed by atoms with Crippen molar-refractivity contribution in [1.29, 1.82) is 0 Å². The molecule has 4 aliphatic carbocycles. The molecule has 0 saturated carbocycles. The number of hydrogen-bond donors (Lipinski definition) is 0. The van der Waals surface area contributed by atoms with Gasteiger partial charge in [0.1, 0.15) is 0 Å². The minimum Gasteiger partial charge on any atom is -0.208 e. The summed E-state index contributed by atoms with van der Waals surface area (Å²) in [6, 6.07) is 117. The van der Waals surface area contributed by atoms with Gasteiger partial charge in [0, 0.05) is 44.2 Å². The van der Waals surface area contributed by atoms with Crippen LogP contribution >= 0.6 is 0 Å². The Morgan fingerprint density at radius 2 is 0.404 bits per heavy atom. The SMILES string of the molecule is CC1(C)c2ccccc2-c2cc(-c3cccc4c3Cc3c(-c5ccc(-c6nc(-c7ccccc7)nc(-c7ccccc7)n6)cc5)cccc3-4)ccc21.CC1(C)c2ccccc2-c2cc(-c3cccc4c3Cc3c(-c5cccc(-c6nc(-c7ccccc7)nc(-c7ccccc7)n6)c5)cccc3-4)ccc21. The summed E-state index contributed by atoms with van der Waals surface area (Å²) in [5, 5.41) is 0. The van der Waals surface area contributed by atoms with Gasteiger partial charge >= 0.3 is 0 Å². The number of hydrogen-bond acceptors (Lipinski definition) is 6. The number of aromatic nitrogens is 6. The minimum absolute atomic E-state index is 0.00166. The van der Waals surface area contributed by atoms with Gasteiger partial charge in [-0.15, -0.1) is 0 Å². The molecule has 2 heterocycles. The molecule has 4 aliphatic rings. The lowest BCUT2D eigenvalue weighted by molar-refractivity contribution is 0.660. The van der Waals surface area contributed by atoms with Crippen LogP contribution in [0.15, 0.2) is 328 Å². The normalized spacial score (nSPS) is 13.3. The summed E-state index contributed by atoms with van der Waals surface area (Å²) in [5.74, 6) is 3.98. The smallest absolute Gasteiger partial charge is 0.164 e. The van der Waals surface area contributed by atoms with Crippen molar-refractivity contribution in [2.45, 2.75) is 51.4 Å². The molecule has 0 atom stereocenters. The first kappa shape index (κ1) is 62.1. The predicted octanol–water partition coefficient (Wildman–Crippen LogP) is 24.2. The zero-order valence-electron chi connectivity index (χ0n) is 58.3. The van der Waals surface area contributed by atoms with Crippen LogP contribution < -0.4 is 0 Å². The van der Waals surface area contributed by atoms with Gasteiger partial charge in [-0.05, 0) is 165 Å². The highest BCUT2D eigenvalue weighted by Crippen LogP contribution is 2.54. The van der Waals surface area contributed by atoms with Crippen LogP contribution in [0.2, 0.25) is 0 Å². The van der Waals surface area contributed by atoms with Gasteiger partial charge in [-0.2, -0.15) is 0 Å². The lowest BCUT2D eigenvalue weighted by Crippen LogP contribution is -2.14. The van der Waals surface area contributed by atoms with Crippen molar-refractivity contribution in [1.82, 2.24) is 29.9 Å². The lowest BCUT2D eigenvalue weighted by Gasteiger charge is -2.21. The minimum atomic E-state index is -0.00367. The van der Waals surface area contributed by atoms with Crippen molar-refractivity contribution in [3.05, 3.63) is 372 Å². The Hall–Kier alpha value is -12.9. The predicted molar refractivity (Wildman–Crippen MR) is 426 cm³/mol. The zero-order valence-corrected chi connectivity index (χ0v) is 58.3. The van der Waals surface area contributed by atoms with Crippen LogP contribution in [0.1, 0.15) is 72.2 Å². The van der Waals surface area contributed by atoms with E-state index in [0.717, 1.165) is 51.8 Å². The Morgan fingerprint density at radius 3 is 0.769 bits per heavy atom.